The van der Waals surface area contributed by atoms with Gasteiger partial charge in [-0.2, -0.15) is 0 Å². The summed E-state index contributed by atoms with van der Waals surface area (Å²) in [5.41, 5.74) is 16.4. The Kier molecular flexibility index (Phi) is 45.8. The number of nitrogens with one attached hydrogen (secondary N) is 15. The van der Waals surface area contributed by atoms with E-state index in [-0.39, 0.29) is 38.1 Å². The van der Waals surface area contributed by atoms with Crippen molar-refractivity contribution in [2.45, 2.75) is 238 Å². The highest BCUT2D eigenvalue weighted by molar-refractivity contribution is 6.00. The molecular formula is C66H112N18O26. The number of carbonyl (C=O) groups is 20. The highest BCUT2D eigenvalue weighted by atomic mass is 16.4. The number of carboxylic acids is 4. The molecule has 110 heavy (non-hydrogen) atoms. The third-order valence-electron chi connectivity index (χ3n) is 16.4. The zero-order valence-corrected chi connectivity index (χ0v) is 63.5. The Morgan fingerprint density at radius 1 is 0.373 bits per heavy atom. The maximum atomic E-state index is 14.1. The molecule has 622 valence electrons. The van der Waals surface area contributed by atoms with Gasteiger partial charge in [0.05, 0.1) is 44.8 Å². The van der Waals surface area contributed by atoms with Gasteiger partial charge in [-0.1, -0.05) is 61.8 Å². The molecule has 0 aromatic heterocycles. The second kappa shape index (κ2) is 50.8. The van der Waals surface area contributed by atoms with Gasteiger partial charge < -0.3 is 128 Å². The van der Waals surface area contributed by atoms with Crippen LogP contribution >= 0.6 is 0 Å². The smallest absolute Gasteiger partial charge is 0.326 e. The Morgan fingerprint density at radius 2 is 0.755 bits per heavy atom. The Hall–Kier alpha value is -10.8. The first kappa shape index (κ1) is 99.2. The normalized spacial score (nSPS) is 15.2. The van der Waals surface area contributed by atoms with Crippen molar-refractivity contribution >= 4 is 118 Å². The summed E-state index contributed by atoms with van der Waals surface area (Å²) in [6, 6.07) is -20.6. The van der Waals surface area contributed by atoms with E-state index in [1.165, 1.54) is 41.5 Å². The number of unbranched alkanes of at least 4 members (excludes halogenated alkanes) is 1. The molecule has 0 aromatic rings. The van der Waals surface area contributed by atoms with Crippen LogP contribution in [0.1, 0.15) is 153 Å². The lowest BCUT2D eigenvalue weighted by Gasteiger charge is -2.29. The van der Waals surface area contributed by atoms with Crippen LogP contribution in [-0.2, 0) is 95.9 Å². The number of carbonyl (C=O) groups excluding carboxylic acids is 16. The van der Waals surface area contributed by atoms with Crippen molar-refractivity contribution in [3.63, 3.8) is 0 Å². The first-order valence-corrected chi connectivity index (χ1v) is 35.6. The number of aliphatic carboxylic acids is 4. The quantitative estimate of drug-likeness (QED) is 0.0252. The molecule has 16 amide bonds. The van der Waals surface area contributed by atoms with Gasteiger partial charge in [0, 0.05) is 19.3 Å². The molecule has 15 atom stereocenters. The SMILES string of the molecule is CC[C@H](C)[C@H](NC(=O)[C@H](CC(C)C)NC(=O)CNC(=O)[C@@H](NC(=O)[C@H](CO)NC(=O)[C@@H](NC(=O)[C@@H](NC(=O)CNC(=O)[C@H](C)NC(=O)[C@H](CCCCN)NC(=O)[C@H](CCC(=O)O)NC(=O)[C@H](CCC(=O)O)NC(=O)[C@H](CCC(N)=O)NC(=O)CNC(=O)[C@H](CC(=O)O)NC(=O)[C@@H](C)N)C(C)C)C(C)C)[C@@H](C)O)C(=O)O. The number of aliphatic hydroxyl groups is 2. The van der Waals surface area contributed by atoms with Gasteiger partial charge >= 0.3 is 23.9 Å². The van der Waals surface area contributed by atoms with Crippen molar-refractivity contribution in [1.29, 1.82) is 0 Å². The molecule has 44 heteroatoms. The largest absolute Gasteiger partial charge is 0.481 e. The molecule has 0 aromatic carbocycles. The Labute approximate surface area is 634 Å². The minimum Gasteiger partial charge on any atom is -0.481 e. The van der Waals surface area contributed by atoms with Crippen molar-refractivity contribution in [3.8, 4) is 0 Å². The van der Waals surface area contributed by atoms with E-state index < -0.39 is 292 Å². The topological polar surface area (TPSA) is 721 Å². The van der Waals surface area contributed by atoms with E-state index >= 15 is 0 Å². The van der Waals surface area contributed by atoms with Crippen molar-refractivity contribution in [2.75, 3.05) is 32.8 Å². The predicted octanol–water partition coefficient (Wildman–Crippen LogP) is -9.02. The number of hydrogen-bond acceptors (Lipinski definition) is 24. The van der Waals surface area contributed by atoms with E-state index in [0.717, 1.165) is 6.92 Å². The summed E-state index contributed by atoms with van der Waals surface area (Å²) >= 11 is 0. The van der Waals surface area contributed by atoms with Crippen molar-refractivity contribution < 1.29 is 127 Å². The summed E-state index contributed by atoms with van der Waals surface area (Å²) in [6.07, 6.45) is -6.18. The van der Waals surface area contributed by atoms with Crippen molar-refractivity contribution in [2.24, 2.45) is 40.9 Å². The number of primary amides is 1. The molecule has 0 saturated carbocycles. The minimum absolute atomic E-state index is 0.0747. The predicted molar refractivity (Wildman–Crippen MR) is 384 cm³/mol. The number of nitrogens with two attached hydrogens (primary N) is 3. The van der Waals surface area contributed by atoms with Crippen LogP contribution in [0.4, 0.5) is 0 Å². The summed E-state index contributed by atoms with van der Waals surface area (Å²) in [5.74, 6) is -25.0. The van der Waals surface area contributed by atoms with E-state index in [1.807, 2.05) is 0 Å². The van der Waals surface area contributed by atoms with Gasteiger partial charge in [0.1, 0.15) is 72.5 Å². The first-order chi connectivity index (χ1) is 51.2. The van der Waals surface area contributed by atoms with Crippen LogP contribution in [0.15, 0.2) is 0 Å². The lowest BCUT2D eigenvalue weighted by Crippen LogP contribution is -2.62. The lowest BCUT2D eigenvalue weighted by atomic mass is 9.97. The highest BCUT2D eigenvalue weighted by Crippen LogP contribution is 2.14. The van der Waals surface area contributed by atoms with E-state index in [9.17, 15) is 127 Å². The first-order valence-electron chi connectivity index (χ1n) is 35.6. The van der Waals surface area contributed by atoms with Gasteiger partial charge in [0.25, 0.3) is 0 Å². The molecule has 0 rings (SSSR count). The van der Waals surface area contributed by atoms with Gasteiger partial charge in [-0.3, -0.25) is 91.1 Å². The van der Waals surface area contributed by atoms with E-state index in [0.29, 0.717) is 6.42 Å². The molecule has 0 aliphatic carbocycles. The molecular weight excluding hydrogens is 1460 g/mol. The van der Waals surface area contributed by atoms with Gasteiger partial charge in [-0.15, -0.1) is 0 Å². The summed E-state index contributed by atoms with van der Waals surface area (Å²) < 4.78 is 0. The van der Waals surface area contributed by atoms with Crippen molar-refractivity contribution in [1.82, 2.24) is 79.8 Å². The minimum atomic E-state index is -1.91. The fraction of sp³-hybridized carbons (Fsp3) is 0.697. The molecule has 0 heterocycles. The van der Waals surface area contributed by atoms with E-state index in [1.54, 1.807) is 27.7 Å². The van der Waals surface area contributed by atoms with Crippen LogP contribution in [0.3, 0.4) is 0 Å². The monoisotopic (exact) mass is 1570 g/mol. The third kappa shape index (κ3) is 38.9. The number of carboxylic acid groups (broad SMARTS) is 4. The van der Waals surface area contributed by atoms with Crippen LogP contribution in [0.25, 0.3) is 0 Å². The second-order valence-electron chi connectivity index (χ2n) is 27.2. The summed E-state index contributed by atoms with van der Waals surface area (Å²) in [7, 11) is 0. The maximum Gasteiger partial charge on any atom is 0.326 e. The van der Waals surface area contributed by atoms with Crippen LogP contribution in [-0.4, -0.2) is 266 Å². The number of rotatable bonds is 54. The second-order valence-corrected chi connectivity index (χ2v) is 27.2. The molecule has 0 spiro atoms. The highest BCUT2D eigenvalue weighted by Gasteiger charge is 2.38. The zero-order valence-electron chi connectivity index (χ0n) is 63.5. The van der Waals surface area contributed by atoms with Crippen molar-refractivity contribution in [3.05, 3.63) is 0 Å². The Balaban J connectivity index is 6.36. The van der Waals surface area contributed by atoms with Gasteiger partial charge in [-0.05, 0) is 95.9 Å². The molecule has 0 bridgehead atoms. The molecule has 0 saturated heterocycles. The molecule has 0 unspecified atom stereocenters. The van der Waals surface area contributed by atoms with E-state index in [4.69, 9.17) is 17.2 Å². The average Bonchev–Trinajstić information content (AvgIpc) is 0.849. The Bertz CT molecular complexity index is 3230. The fourth-order valence-corrected chi connectivity index (χ4v) is 9.94. The van der Waals surface area contributed by atoms with Gasteiger partial charge in [0.2, 0.25) is 94.5 Å². The molecule has 0 radical (unpaired) electrons. The molecule has 27 N–H and O–H groups in total. The standard InChI is InChI=1S/C66H112N18O26/c1-12-32(8)52(66(109)110)83-61(104)40(23-29(2)3)75-45(89)26-72-63(106)53(35(11)86)84-62(105)42(28-85)80-64(107)51(31(6)7)82-65(108)50(30(4)5)81-46(90)27-70-55(98)34(10)73-57(100)36(15-13-14-22-67)76-59(102)38(17-20-47(91)92)78-60(103)39(18-21-48(93)94)77-58(101)37(16-19-43(69)87)74-44(88)25-71-56(99)41(24-49(95)96)79-54(97)33(9)68/h29-42,50-53,85-86H,12-28,67-68H2,1-11H3,(H2,69,87)(H,70,98)(H,71,99)(H,72,106)(H,73,100)(H,74,88)(H,75,89)(H,76,102)(H,77,101)(H,78,103)(H,79,97)(H,80,107)(H,81,90)(H,82,108)(H,83,104)(H,84,105)(H,91,92)(H,93,94)(H,95,96)(H,109,110)/t32-,33+,34-,35+,36-,37-,38-,39-,40-,41-,42-,50-,51-,52-,53-/m0/s1. The molecule has 0 aliphatic heterocycles. The number of aliphatic hydroxyl groups excluding tert-OH is 2. The lowest BCUT2D eigenvalue weighted by molar-refractivity contribution is -0.144. The number of amides is 16. The molecule has 44 nitrogen and oxygen atoms in total. The van der Waals surface area contributed by atoms with Crippen LogP contribution in [0.2, 0.25) is 0 Å². The Morgan fingerprint density at radius 3 is 1.18 bits per heavy atom. The van der Waals surface area contributed by atoms with Crippen LogP contribution in [0.5, 0.6) is 0 Å². The zero-order chi connectivity index (χ0) is 84.6. The van der Waals surface area contributed by atoms with E-state index in [2.05, 4.69) is 79.8 Å². The fourth-order valence-electron chi connectivity index (χ4n) is 9.94. The third-order valence-corrected chi connectivity index (χ3v) is 16.4. The molecule has 0 fully saturated rings. The maximum absolute atomic E-state index is 14.1. The van der Waals surface area contributed by atoms with Gasteiger partial charge in [0.15, 0.2) is 0 Å². The summed E-state index contributed by atoms with van der Waals surface area (Å²) in [5, 5.41) is 93.1. The van der Waals surface area contributed by atoms with Crippen LogP contribution < -0.4 is 97.0 Å². The average molecular weight is 1570 g/mol. The number of hydrogen-bond donors (Lipinski definition) is 24. The molecule has 0 aliphatic rings. The van der Waals surface area contributed by atoms with Gasteiger partial charge in [-0.25, -0.2) is 4.79 Å². The summed E-state index contributed by atoms with van der Waals surface area (Å²) in [6.45, 7) is 12.7. The van der Waals surface area contributed by atoms with Crippen LogP contribution in [0, 0.1) is 23.7 Å². The summed E-state index contributed by atoms with van der Waals surface area (Å²) in [4.78, 5) is 260.